The van der Waals surface area contributed by atoms with Crippen LogP contribution < -0.4 is 5.32 Å². The van der Waals surface area contributed by atoms with Crippen molar-refractivity contribution < 1.29 is 13.2 Å². The van der Waals surface area contributed by atoms with Crippen LogP contribution >= 0.6 is 0 Å². The molecule has 0 atom stereocenters. The van der Waals surface area contributed by atoms with E-state index in [1.807, 2.05) is 0 Å². The number of nitrogens with zero attached hydrogens (tertiary/aromatic N) is 6. The molecule has 7 nitrogen and oxygen atoms in total. The molecule has 10 heteroatoms. The maximum absolute atomic E-state index is 13.0. The van der Waals surface area contributed by atoms with Crippen LogP contribution in [0.5, 0.6) is 0 Å². The van der Waals surface area contributed by atoms with Gasteiger partial charge in [-0.05, 0) is 18.2 Å². The first-order valence-electron chi connectivity index (χ1n) is 7.84. The normalized spacial score (nSPS) is 11.7. The van der Waals surface area contributed by atoms with Crippen molar-refractivity contribution >= 4 is 17.0 Å². The predicted octanol–water partition coefficient (Wildman–Crippen LogP) is 3.33. The SMILES string of the molecule is CNc1cnc(-n2c(-c3ccccn3)nc3cc(C(F)(F)F)cnc32)cn1. The molecule has 0 saturated carbocycles. The van der Waals surface area contributed by atoms with E-state index in [1.54, 1.807) is 31.4 Å². The summed E-state index contributed by atoms with van der Waals surface area (Å²) in [5.41, 5.74) is -0.0764. The van der Waals surface area contributed by atoms with E-state index in [9.17, 15) is 13.2 Å². The van der Waals surface area contributed by atoms with Crippen LogP contribution in [0, 0.1) is 0 Å². The van der Waals surface area contributed by atoms with Gasteiger partial charge in [0.15, 0.2) is 17.3 Å². The van der Waals surface area contributed by atoms with Crippen molar-refractivity contribution in [2.75, 3.05) is 12.4 Å². The summed E-state index contributed by atoms with van der Waals surface area (Å²) in [5.74, 6) is 1.24. The number of anilines is 1. The third-order valence-corrected chi connectivity index (χ3v) is 3.84. The highest BCUT2D eigenvalue weighted by Crippen LogP contribution is 2.32. The summed E-state index contributed by atoms with van der Waals surface area (Å²) in [5, 5.41) is 2.86. The standard InChI is InChI=1S/C17H12F3N7/c1-21-13-8-24-14(9-23-13)27-15-12(6-10(7-25-15)17(18,19)20)26-16(27)11-4-2-3-5-22-11/h2-9H,1H3,(H,21,23). The number of hydrogen-bond donors (Lipinski definition) is 1. The number of halogens is 3. The largest absolute Gasteiger partial charge is 0.417 e. The minimum Gasteiger partial charge on any atom is -0.372 e. The predicted molar refractivity (Wildman–Crippen MR) is 92.2 cm³/mol. The zero-order valence-corrected chi connectivity index (χ0v) is 13.9. The van der Waals surface area contributed by atoms with Gasteiger partial charge in [-0.15, -0.1) is 0 Å². The summed E-state index contributed by atoms with van der Waals surface area (Å²) in [4.78, 5) is 21.1. The number of pyridine rings is 2. The molecule has 0 unspecified atom stereocenters. The summed E-state index contributed by atoms with van der Waals surface area (Å²) in [7, 11) is 1.70. The van der Waals surface area contributed by atoms with Crippen LogP contribution in [-0.2, 0) is 6.18 Å². The maximum atomic E-state index is 13.0. The van der Waals surface area contributed by atoms with Gasteiger partial charge in [0.2, 0.25) is 0 Å². The van der Waals surface area contributed by atoms with E-state index in [4.69, 9.17) is 0 Å². The molecule has 136 valence electrons. The van der Waals surface area contributed by atoms with Crippen molar-refractivity contribution in [3.05, 3.63) is 54.6 Å². The van der Waals surface area contributed by atoms with E-state index in [1.165, 1.54) is 17.0 Å². The lowest BCUT2D eigenvalue weighted by molar-refractivity contribution is -0.137. The Labute approximate surface area is 151 Å². The molecule has 0 amide bonds. The van der Waals surface area contributed by atoms with Crippen LogP contribution in [0.2, 0.25) is 0 Å². The van der Waals surface area contributed by atoms with Crippen molar-refractivity contribution in [1.29, 1.82) is 0 Å². The highest BCUT2D eigenvalue weighted by Gasteiger charge is 2.32. The van der Waals surface area contributed by atoms with Crippen LogP contribution in [0.25, 0.3) is 28.5 Å². The van der Waals surface area contributed by atoms with Crippen LogP contribution in [0.15, 0.2) is 49.1 Å². The quantitative estimate of drug-likeness (QED) is 0.595. The van der Waals surface area contributed by atoms with E-state index in [0.717, 1.165) is 12.3 Å². The highest BCUT2D eigenvalue weighted by atomic mass is 19.4. The molecule has 1 N–H and O–H groups in total. The molecule has 4 rings (SSSR count). The smallest absolute Gasteiger partial charge is 0.372 e. The topological polar surface area (TPSA) is 81.4 Å². The second-order valence-corrected chi connectivity index (χ2v) is 5.56. The lowest BCUT2D eigenvalue weighted by Gasteiger charge is -2.08. The maximum Gasteiger partial charge on any atom is 0.417 e. The average Bonchev–Trinajstić information content (AvgIpc) is 3.07. The third-order valence-electron chi connectivity index (χ3n) is 3.84. The van der Waals surface area contributed by atoms with Gasteiger partial charge in [-0.1, -0.05) is 6.07 Å². The Morgan fingerprint density at radius 2 is 1.85 bits per heavy atom. The molecule has 4 heterocycles. The lowest BCUT2D eigenvalue weighted by Crippen LogP contribution is -2.06. The Bertz CT molecular complexity index is 1090. The summed E-state index contributed by atoms with van der Waals surface area (Å²) in [6.07, 6.45) is 0.831. The van der Waals surface area contributed by atoms with Gasteiger partial charge in [-0.2, -0.15) is 13.2 Å². The summed E-state index contributed by atoms with van der Waals surface area (Å²) < 4.78 is 40.6. The Hall–Kier alpha value is -3.56. The molecule has 0 aliphatic heterocycles. The molecule has 0 fully saturated rings. The summed E-state index contributed by atoms with van der Waals surface area (Å²) in [6.45, 7) is 0. The van der Waals surface area contributed by atoms with E-state index < -0.39 is 11.7 Å². The van der Waals surface area contributed by atoms with Crippen LogP contribution in [0.3, 0.4) is 0 Å². The number of alkyl halides is 3. The van der Waals surface area contributed by atoms with E-state index in [2.05, 4.69) is 30.2 Å². The molecule has 0 saturated heterocycles. The van der Waals surface area contributed by atoms with Crippen molar-refractivity contribution in [3.63, 3.8) is 0 Å². The highest BCUT2D eigenvalue weighted by molar-refractivity contribution is 5.79. The van der Waals surface area contributed by atoms with Gasteiger partial charge in [-0.3, -0.25) is 9.55 Å². The first kappa shape index (κ1) is 16.9. The number of fused-ring (bicyclic) bond motifs is 1. The number of aromatic nitrogens is 6. The fraction of sp³-hybridized carbons (Fsp3) is 0.118. The van der Waals surface area contributed by atoms with Gasteiger partial charge in [0.25, 0.3) is 0 Å². The van der Waals surface area contributed by atoms with Gasteiger partial charge in [0, 0.05) is 19.4 Å². The molecule has 4 aromatic heterocycles. The fourth-order valence-electron chi connectivity index (χ4n) is 2.57. The summed E-state index contributed by atoms with van der Waals surface area (Å²) in [6, 6.07) is 6.16. The van der Waals surface area contributed by atoms with E-state index in [0.29, 0.717) is 23.2 Å². The molecule has 0 aromatic carbocycles. The minimum absolute atomic E-state index is 0.0879. The Kier molecular flexibility index (Phi) is 3.94. The Morgan fingerprint density at radius 1 is 1.00 bits per heavy atom. The second-order valence-electron chi connectivity index (χ2n) is 5.56. The molecule has 0 radical (unpaired) electrons. The van der Waals surface area contributed by atoms with Gasteiger partial charge in [0.05, 0.1) is 18.0 Å². The van der Waals surface area contributed by atoms with Gasteiger partial charge in [-0.25, -0.2) is 19.9 Å². The van der Waals surface area contributed by atoms with Crippen molar-refractivity contribution in [2.45, 2.75) is 6.18 Å². The summed E-state index contributed by atoms with van der Waals surface area (Å²) >= 11 is 0. The van der Waals surface area contributed by atoms with Gasteiger partial charge < -0.3 is 5.32 Å². The zero-order valence-electron chi connectivity index (χ0n) is 13.9. The molecule has 27 heavy (non-hydrogen) atoms. The fourth-order valence-corrected chi connectivity index (χ4v) is 2.57. The number of rotatable bonds is 3. The number of hydrogen-bond acceptors (Lipinski definition) is 6. The van der Waals surface area contributed by atoms with Crippen molar-refractivity contribution in [3.8, 4) is 17.3 Å². The first-order chi connectivity index (χ1) is 13.0. The molecule has 0 aliphatic rings. The zero-order chi connectivity index (χ0) is 19.0. The van der Waals surface area contributed by atoms with E-state index >= 15 is 0 Å². The number of imidazole rings is 1. The molecule has 0 spiro atoms. The number of nitrogens with one attached hydrogen (secondary N) is 1. The Balaban J connectivity index is 1.98. The van der Waals surface area contributed by atoms with Crippen LogP contribution in [-0.4, -0.2) is 36.5 Å². The first-order valence-corrected chi connectivity index (χ1v) is 7.84. The molecular weight excluding hydrogens is 359 g/mol. The van der Waals surface area contributed by atoms with Crippen molar-refractivity contribution in [1.82, 2.24) is 29.5 Å². The minimum atomic E-state index is -4.51. The van der Waals surface area contributed by atoms with Crippen LogP contribution in [0.4, 0.5) is 19.0 Å². The third kappa shape index (κ3) is 3.05. The molecular formula is C17H12F3N7. The molecule has 0 aliphatic carbocycles. The Morgan fingerprint density at radius 3 is 2.48 bits per heavy atom. The van der Waals surface area contributed by atoms with Gasteiger partial charge >= 0.3 is 6.18 Å². The lowest BCUT2D eigenvalue weighted by atomic mass is 10.2. The van der Waals surface area contributed by atoms with Gasteiger partial charge in [0.1, 0.15) is 17.0 Å². The average molecular weight is 371 g/mol. The molecule has 0 bridgehead atoms. The van der Waals surface area contributed by atoms with Crippen molar-refractivity contribution in [2.24, 2.45) is 0 Å². The molecule has 4 aromatic rings. The second kappa shape index (κ2) is 6.31. The monoisotopic (exact) mass is 371 g/mol. The van der Waals surface area contributed by atoms with E-state index in [-0.39, 0.29) is 11.2 Å². The van der Waals surface area contributed by atoms with Crippen LogP contribution in [0.1, 0.15) is 5.56 Å².